The summed E-state index contributed by atoms with van der Waals surface area (Å²) in [5, 5.41) is 3.70. The molecule has 2 aromatic rings. The number of rotatable bonds is 1. The van der Waals surface area contributed by atoms with Crippen molar-refractivity contribution in [2.45, 2.75) is 6.92 Å². The predicted molar refractivity (Wildman–Crippen MR) is 56.9 cm³/mol. The van der Waals surface area contributed by atoms with Crippen LogP contribution >= 0.6 is 0 Å². The van der Waals surface area contributed by atoms with Gasteiger partial charge in [0.15, 0.2) is 17.4 Å². The molecule has 0 aliphatic carbocycles. The van der Waals surface area contributed by atoms with Gasteiger partial charge in [-0.25, -0.2) is 13.5 Å². The van der Waals surface area contributed by atoms with E-state index >= 15 is 0 Å². The minimum atomic E-state index is -1.13. The number of aryl methyl sites for hydroxylation is 1. The van der Waals surface area contributed by atoms with Crippen LogP contribution in [0.25, 0.3) is 10.8 Å². The standard InChI is InChI=1S/C11H8F2N2O2/c1-5(16)10-6-3-8(12)9(13)4-7(6)11(17)15(2)14-10/h3-4H,1-2H3. The van der Waals surface area contributed by atoms with Crippen molar-refractivity contribution in [2.75, 3.05) is 0 Å². The number of benzene rings is 1. The molecule has 0 saturated carbocycles. The summed E-state index contributed by atoms with van der Waals surface area (Å²) >= 11 is 0. The molecule has 17 heavy (non-hydrogen) atoms. The van der Waals surface area contributed by atoms with Crippen molar-refractivity contribution >= 4 is 16.6 Å². The van der Waals surface area contributed by atoms with E-state index in [4.69, 9.17) is 0 Å². The minimum absolute atomic E-state index is 0.0273. The zero-order valence-corrected chi connectivity index (χ0v) is 9.12. The summed E-state index contributed by atoms with van der Waals surface area (Å²) in [7, 11) is 1.34. The molecule has 0 aliphatic heterocycles. The molecule has 0 saturated heterocycles. The quantitative estimate of drug-likeness (QED) is 0.706. The molecule has 0 aliphatic rings. The number of fused-ring (bicyclic) bond motifs is 1. The van der Waals surface area contributed by atoms with Crippen LogP contribution in [0.3, 0.4) is 0 Å². The number of carbonyl (C=O) groups is 1. The molecule has 88 valence electrons. The third-order valence-corrected chi connectivity index (χ3v) is 2.42. The van der Waals surface area contributed by atoms with Gasteiger partial charge in [0, 0.05) is 19.4 Å². The average Bonchev–Trinajstić information content (AvgIpc) is 2.26. The van der Waals surface area contributed by atoms with Crippen molar-refractivity contribution < 1.29 is 13.6 Å². The number of ketones is 1. The molecule has 0 radical (unpaired) electrons. The van der Waals surface area contributed by atoms with E-state index in [0.717, 1.165) is 16.8 Å². The Morgan fingerprint density at radius 3 is 2.29 bits per heavy atom. The fourth-order valence-electron chi connectivity index (χ4n) is 1.60. The summed E-state index contributed by atoms with van der Waals surface area (Å²) in [6.07, 6.45) is 0. The number of hydrogen-bond acceptors (Lipinski definition) is 3. The van der Waals surface area contributed by atoms with Crippen molar-refractivity contribution in [3.05, 3.63) is 39.8 Å². The van der Waals surface area contributed by atoms with Gasteiger partial charge < -0.3 is 0 Å². The molecule has 0 spiro atoms. The largest absolute Gasteiger partial charge is 0.293 e. The van der Waals surface area contributed by atoms with E-state index in [-0.39, 0.29) is 16.5 Å². The maximum absolute atomic E-state index is 13.1. The van der Waals surface area contributed by atoms with Crippen LogP contribution in [-0.2, 0) is 7.05 Å². The maximum Gasteiger partial charge on any atom is 0.274 e. The van der Waals surface area contributed by atoms with Crippen LogP contribution in [0.5, 0.6) is 0 Å². The summed E-state index contributed by atoms with van der Waals surface area (Å²) in [4.78, 5) is 23.0. The van der Waals surface area contributed by atoms with Crippen molar-refractivity contribution in [3.63, 3.8) is 0 Å². The van der Waals surface area contributed by atoms with Crippen LogP contribution in [-0.4, -0.2) is 15.6 Å². The highest BCUT2D eigenvalue weighted by molar-refractivity contribution is 6.04. The third kappa shape index (κ3) is 1.71. The Balaban J connectivity index is 3.04. The molecule has 4 nitrogen and oxygen atoms in total. The van der Waals surface area contributed by atoms with Crippen LogP contribution < -0.4 is 5.56 Å². The Morgan fingerprint density at radius 2 is 1.76 bits per heavy atom. The molecular weight excluding hydrogens is 230 g/mol. The Labute approximate surface area is 94.5 Å². The zero-order chi connectivity index (χ0) is 12.7. The molecule has 2 rings (SSSR count). The topological polar surface area (TPSA) is 52.0 Å². The van der Waals surface area contributed by atoms with Crippen molar-refractivity contribution in [2.24, 2.45) is 7.05 Å². The number of hydrogen-bond donors (Lipinski definition) is 0. The van der Waals surface area contributed by atoms with Crippen molar-refractivity contribution in [1.29, 1.82) is 0 Å². The summed E-state index contributed by atoms with van der Waals surface area (Å²) in [6.45, 7) is 1.24. The Morgan fingerprint density at radius 1 is 1.24 bits per heavy atom. The first kappa shape index (κ1) is 11.4. The zero-order valence-electron chi connectivity index (χ0n) is 9.12. The van der Waals surface area contributed by atoms with Crippen LogP contribution in [0.2, 0.25) is 0 Å². The van der Waals surface area contributed by atoms with E-state index in [2.05, 4.69) is 5.10 Å². The second kappa shape index (κ2) is 3.73. The smallest absolute Gasteiger partial charge is 0.274 e. The summed E-state index contributed by atoms with van der Waals surface area (Å²) < 4.78 is 27.1. The lowest BCUT2D eigenvalue weighted by Gasteiger charge is -2.05. The highest BCUT2D eigenvalue weighted by Gasteiger charge is 2.15. The third-order valence-electron chi connectivity index (χ3n) is 2.42. The first-order chi connectivity index (χ1) is 7.91. The summed E-state index contributed by atoms with van der Waals surface area (Å²) in [6, 6.07) is 1.59. The second-order valence-electron chi connectivity index (χ2n) is 3.65. The van der Waals surface area contributed by atoms with Gasteiger partial charge in [-0.1, -0.05) is 0 Å². The van der Waals surface area contributed by atoms with Gasteiger partial charge in [0.1, 0.15) is 5.69 Å². The Hall–Kier alpha value is -2.11. The average molecular weight is 238 g/mol. The van der Waals surface area contributed by atoms with Gasteiger partial charge in [-0.3, -0.25) is 9.59 Å². The van der Waals surface area contributed by atoms with E-state index in [1.807, 2.05) is 0 Å². The summed E-state index contributed by atoms with van der Waals surface area (Å²) in [5.41, 5.74) is -0.634. The lowest BCUT2D eigenvalue weighted by Crippen LogP contribution is -2.23. The van der Waals surface area contributed by atoms with E-state index in [1.165, 1.54) is 14.0 Å². The number of aromatic nitrogens is 2. The van der Waals surface area contributed by atoms with Gasteiger partial charge in [-0.15, -0.1) is 0 Å². The van der Waals surface area contributed by atoms with Crippen LogP contribution in [0.1, 0.15) is 17.4 Å². The van der Waals surface area contributed by atoms with E-state index in [9.17, 15) is 18.4 Å². The molecule has 1 aromatic heterocycles. The monoisotopic (exact) mass is 238 g/mol. The molecule has 1 aromatic carbocycles. The molecule has 6 heteroatoms. The van der Waals surface area contributed by atoms with Crippen LogP contribution in [0.4, 0.5) is 8.78 Å². The predicted octanol–water partition coefficient (Wildman–Crippen LogP) is 1.41. The van der Waals surface area contributed by atoms with E-state index < -0.39 is 23.0 Å². The first-order valence-electron chi connectivity index (χ1n) is 4.79. The molecule has 0 N–H and O–H groups in total. The molecule has 0 amide bonds. The van der Waals surface area contributed by atoms with Gasteiger partial charge in [0.2, 0.25) is 0 Å². The fraction of sp³-hybridized carbons (Fsp3) is 0.182. The van der Waals surface area contributed by atoms with Crippen LogP contribution in [0.15, 0.2) is 16.9 Å². The maximum atomic E-state index is 13.1. The van der Waals surface area contributed by atoms with Gasteiger partial charge in [0.05, 0.1) is 5.39 Å². The van der Waals surface area contributed by atoms with Crippen molar-refractivity contribution in [3.8, 4) is 0 Å². The van der Waals surface area contributed by atoms with Gasteiger partial charge >= 0.3 is 0 Å². The number of carbonyl (C=O) groups excluding carboxylic acids is 1. The molecular formula is C11H8F2N2O2. The number of halogens is 2. The first-order valence-corrected chi connectivity index (χ1v) is 4.79. The Kier molecular flexibility index (Phi) is 2.49. The molecule has 1 heterocycles. The lowest BCUT2D eigenvalue weighted by molar-refractivity contribution is 0.101. The fourth-order valence-corrected chi connectivity index (χ4v) is 1.60. The molecule has 0 atom stereocenters. The Bertz CT molecular complexity index is 692. The highest BCUT2D eigenvalue weighted by atomic mass is 19.2. The van der Waals surface area contributed by atoms with E-state index in [0.29, 0.717) is 0 Å². The second-order valence-corrected chi connectivity index (χ2v) is 3.65. The lowest BCUT2D eigenvalue weighted by atomic mass is 10.1. The molecule has 0 fully saturated rings. The van der Waals surface area contributed by atoms with Crippen molar-refractivity contribution in [1.82, 2.24) is 9.78 Å². The van der Waals surface area contributed by atoms with Gasteiger partial charge in [-0.05, 0) is 12.1 Å². The van der Waals surface area contributed by atoms with E-state index in [1.54, 1.807) is 0 Å². The van der Waals surface area contributed by atoms with Gasteiger partial charge in [-0.2, -0.15) is 5.10 Å². The van der Waals surface area contributed by atoms with Gasteiger partial charge in [0.25, 0.3) is 5.56 Å². The molecule has 0 bridgehead atoms. The number of nitrogens with zero attached hydrogens (tertiary/aromatic N) is 2. The van der Waals surface area contributed by atoms with Crippen LogP contribution in [0, 0.1) is 11.6 Å². The highest BCUT2D eigenvalue weighted by Crippen LogP contribution is 2.18. The molecule has 0 unspecified atom stereocenters. The minimum Gasteiger partial charge on any atom is -0.293 e. The normalized spacial score (nSPS) is 10.8. The summed E-state index contributed by atoms with van der Waals surface area (Å²) in [5.74, 6) is -2.66. The number of Topliss-reactive ketones (excluding diaryl/α,β-unsaturated/α-hetero) is 1. The SMILES string of the molecule is CC(=O)c1nn(C)c(=O)c2cc(F)c(F)cc12.